The molecule has 3 heteroatoms. The lowest BCUT2D eigenvalue weighted by molar-refractivity contribution is 0.672. The predicted octanol–water partition coefficient (Wildman–Crippen LogP) is 14.4. The van der Waals surface area contributed by atoms with E-state index in [1.54, 1.807) is 0 Å². The van der Waals surface area contributed by atoms with Gasteiger partial charge in [0.15, 0.2) is 0 Å². The highest BCUT2D eigenvalue weighted by molar-refractivity contribution is 6.20. The third-order valence-corrected chi connectivity index (χ3v) is 10.9. The fourth-order valence-electron chi connectivity index (χ4n) is 8.43. The van der Waals surface area contributed by atoms with E-state index in [1.807, 2.05) is 24.5 Å². The Hall–Kier alpha value is -7.23. The van der Waals surface area contributed by atoms with Crippen LogP contribution in [0, 0.1) is 0 Å². The molecular formula is C51H32N2O. The first-order chi connectivity index (χ1) is 26.8. The molecule has 0 aliphatic heterocycles. The average molecular weight is 689 g/mol. The van der Waals surface area contributed by atoms with Crippen LogP contribution in [0.4, 0.5) is 17.1 Å². The van der Waals surface area contributed by atoms with Gasteiger partial charge in [0.25, 0.3) is 0 Å². The van der Waals surface area contributed by atoms with Gasteiger partial charge in [0.05, 0.1) is 5.69 Å². The zero-order valence-corrected chi connectivity index (χ0v) is 29.3. The Morgan fingerprint density at radius 2 is 1.02 bits per heavy atom. The van der Waals surface area contributed by atoms with E-state index < -0.39 is 0 Å². The molecular weight excluding hydrogens is 657 g/mol. The first kappa shape index (κ1) is 30.4. The van der Waals surface area contributed by atoms with E-state index in [2.05, 4.69) is 180 Å². The number of para-hydroxylation sites is 1. The molecule has 0 aliphatic rings. The van der Waals surface area contributed by atoms with Crippen molar-refractivity contribution in [3.8, 4) is 22.3 Å². The fourth-order valence-corrected chi connectivity index (χ4v) is 8.43. The van der Waals surface area contributed by atoms with Crippen LogP contribution in [0.15, 0.2) is 199 Å². The molecule has 0 atom stereocenters. The number of fused-ring (bicyclic) bond motifs is 9. The van der Waals surface area contributed by atoms with Crippen LogP contribution in [0.1, 0.15) is 0 Å². The molecule has 0 unspecified atom stereocenters. The van der Waals surface area contributed by atoms with Crippen molar-refractivity contribution in [1.29, 1.82) is 0 Å². The zero-order chi connectivity index (χ0) is 35.6. The molecule has 3 nitrogen and oxygen atoms in total. The van der Waals surface area contributed by atoms with E-state index in [4.69, 9.17) is 4.42 Å². The molecule has 0 saturated carbocycles. The Morgan fingerprint density at radius 1 is 0.389 bits per heavy atom. The standard InChI is InChI=1S/C51H32N2O/c1-3-19-39-33(12-1)14-11-24-40(39)34-15-9-17-37(28-34)53(49-31-47-45-23-7-8-25-50(45)54-51(47)48-32-52-27-26-44(48)49)38-18-10-16-35(29-38)46-30-36-13-2-4-20-41(36)42-21-5-6-22-43(42)46/h1-32H. The summed E-state index contributed by atoms with van der Waals surface area (Å²) >= 11 is 0. The summed E-state index contributed by atoms with van der Waals surface area (Å²) < 4.78 is 6.52. The number of rotatable bonds is 5. The van der Waals surface area contributed by atoms with Crippen LogP contribution in [-0.4, -0.2) is 4.98 Å². The van der Waals surface area contributed by atoms with Crippen molar-refractivity contribution in [1.82, 2.24) is 4.98 Å². The average Bonchev–Trinajstić information content (AvgIpc) is 3.62. The van der Waals surface area contributed by atoms with Gasteiger partial charge in [0, 0.05) is 45.3 Å². The summed E-state index contributed by atoms with van der Waals surface area (Å²) in [5.41, 5.74) is 9.63. The van der Waals surface area contributed by atoms with Crippen LogP contribution < -0.4 is 4.90 Å². The van der Waals surface area contributed by atoms with E-state index >= 15 is 0 Å². The van der Waals surface area contributed by atoms with Crippen molar-refractivity contribution < 1.29 is 4.42 Å². The van der Waals surface area contributed by atoms with Crippen LogP contribution in [0.3, 0.4) is 0 Å². The fraction of sp³-hybridized carbons (Fsp3) is 0. The summed E-state index contributed by atoms with van der Waals surface area (Å²) in [5.74, 6) is 0. The molecule has 9 aromatic carbocycles. The number of hydrogen-bond acceptors (Lipinski definition) is 3. The van der Waals surface area contributed by atoms with Crippen LogP contribution >= 0.6 is 0 Å². The van der Waals surface area contributed by atoms with Crippen molar-refractivity contribution in [2.75, 3.05) is 4.90 Å². The highest BCUT2D eigenvalue weighted by Gasteiger charge is 2.22. The minimum absolute atomic E-state index is 0.851. The number of pyridine rings is 1. The maximum atomic E-state index is 6.52. The molecule has 252 valence electrons. The summed E-state index contributed by atoms with van der Waals surface area (Å²) in [6.45, 7) is 0. The van der Waals surface area contributed by atoms with Gasteiger partial charge in [-0.05, 0) is 103 Å². The number of benzene rings is 9. The first-order valence-corrected chi connectivity index (χ1v) is 18.4. The van der Waals surface area contributed by atoms with Gasteiger partial charge in [-0.3, -0.25) is 4.98 Å². The topological polar surface area (TPSA) is 29.3 Å². The molecule has 11 rings (SSSR count). The molecule has 0 saturated heterocycles. The zero-order valence-electron chi connectivity index (χ0n) is 29.3. The molecule has 54 heavy (non-hydrogen) atoms. The Kier molecular flexibility index (Phi) is 6.86. The number of anilines is 3. The van der Waals surface area contributed by atoms with Crippen molar-refractivity contribution in [2.45, 2.75) is 0 Å². The molecule has 0 N–H and O–H groups in total. The van der Waals surface area contributed by atoms with Gasteiger partial charge in [-0.25, -0.2) is 0 Å². The number of aromatic nitrogens is 1. The highest BCUT2D eigenvalue weighted by atomic mass is 16.3. The Bertz CT molecular complexity index is 3240. The van der Waals surface area contributed by atoms with E-state index in [-0.39, 0.29) is 0 Å². The maximum absolute atomic E-state index is 6.52. The smallest absolute Gasteiger partial charge is 0.144 e. The Balaban J connectivity index is 1.19. The summed E-state index contributed by atoms with van der Waals surface area (Å²) in [4.78, 5) is 7.00. The lowest BCUT2D eigenvalue weighted by atomic mass is 9.93. The number of hydrogen-bond donors (Lipinski definition) is 0. The second kappa shape index (κ2) is 12.2. The normalized spacial score (nSPS) is 11.7. The molecule has 0 fully saturated rings. The molecule has 11 aromatic rings. The van der Waals surface area contributed by atoms with Crippen LogP contribution in [0.2, 0.25) is 0 Å². The third kappa shape index (κ3) is 4.79. The van der Waals surface area contributed by atoms with Gasteiger partial charge < -0.3 is 9.32 Å². The SMILES string of the molecule is c1cc(-c2cccc3ccccc23)cc(N(c2cccc(-c3cc4ccccc4c4ccccc34)c2)c2cc3c4ccccc4oc3c3cnccc23)c1. The van der Waals surface area contributed by atoms with Gasteiger partial charge in [0.2, 0.25) is 0 Å². The molecule has 0 bridgehead atoms. The monoisotopic (exact) mass is 688 g/mol. The van der Waals surface area contributed by atoms with Crippen LogP contribution in [-0.2, 0) is 0 Å². The summed E-state index contributed by atoms with van der Waals surface area (Å²) in [6.07, 6.45) is 3.81. The number of nitrogens with zero attached hydrogens (tertiary/aromatic N) is 2. The molecule has 0 amide bonds. The lowest BCUT2D eigenvalue weighted by Crippen LogP contribution is -2.11. The minimum atomic E-state index is 0.851. The largest absolute Gasteiger partial charge is 0.455 e. The number of furan rings is 1. The molecule has 2 aromatic heterocycles. The maximum Gasteiger partial charge on any atom is 0.144 e. The van der Waals surface area contributed by atoms with Gasteiger partial charge in [0.1, 0.15) is 11.2 Å². The third-order valence-electron chi connectivity index (χ3n) is 10.9. The van der Waals surface area contributed by atoms with Crippen molar-refractivity contribution >= 4 is 82.1 Å². The molecule has 0 aliphatic carbocycles. The quantitative estimate of drug-likeness (QED) is 0.169. The van der Waals surface area contributed by atoms with Gasteiger partial charge in [-0.2, -0.15) is 0 Å². The van der Waals surface area contributed by atoms with Crippen molar-refractivity contribution in [2.24, 2.45) is 0 Å². The van der Waals surface area contributed by atoms with E-state index in [1.165, 1.54) is 43.4 Å². The summed E-state index contributed by atoms with van der Waals surface area (Å²) in [7, 11) is 0. The van der Waals surface area contributed by atoms with Crippen LogP contribution in [0.5, 0.6) is 0 Å². The minimum Gasteiger partial charge on any atom is -0.455 e. The van der Waals surface area contributed by atoms with Crippen molar-refractivity contribution in [3.63, 3.8) is 0 Å². The lowest BCUT2D eigenvalue weighted by Gasteiger charge is -2.28. The van der Waals surface area contributed by atoms with Crippen molar-refractivity contribution in [3.05, 3.63) is 194 Å². The van der Waals surface area contributed by atoms with E-state index in [9.17, 15) is 0 Å². The molecule has 0 radical (unpaired) electrons. The second-order valence-corrected chi connectivity index (χ2v) is 13.9. The van der Waals surface area contributed by atoms with Gasteiger partial charge >= 0.3 is 0 Å². The summed E-state index contributed by atoms with van der Waals surface area (Å²) in [5, 5.41) is 11.6. The Morgan fingerprint density at radius 3 is 1.83 bits per heavy atom. The predicted molar refractivity (Wildman–Crippen MR) is 227 cm³/mol. The van der Waals surface area contributed by atoms with E-state index in [0.717, 1.165) is 60.9 Å². The van der Waals surface area contributed by atoms with E-state index in [0.29, 0.717) is 0 Å². The second-order valence-electron chi connectivity index (χ2n) is 13.9. The molecule has 2 heterocycles. The highest BCUT2D eigenvalue weighted by Crippen LogP contribution is 2.46. The van der Waals surface area contributed by atoms with Gasteiger partial charge in [-0.15, -0.1) is 0 Å². The van der Waals surface area contributed by atoms with Gasteiger partial charge in [-0.1, -0.05) is 133 Å². The summed E-state index contributed by atoms with van der Waals surface area (Å²) in [6, 6.07) is 65.6. The Labute approximate surface area is 312 Å². The molecule has 0 spiro atoms. The first-order valence-electron chi connectivity index (χ1n) is 18.4. The van der Waals surface area contributed by atoms with Crippen LogP contribution in [0.25, 0.3) is 87.3 Å².